The molecule has 3 unspecified atom stereocenters. The highest BCUT2D eigenvalue weighted by Gasteiger charge is 2.38. The van der Waals surface area contributed by atoms with Gasteiger partial charge in [-0.2, -0.15) is 0 Å². The maximum absolute atomic E-state index is 4.51. The van der Waals surface area contributed by atoms with Gasteiger partial charge in [-0.15, -0.1) is 19.6 Å². The zero-order valence-electron chi connectivity index (χ0n) is 16.9. The first kappa shape index (κ1) is 22.2. The van der Waals surface area contributed by atoms with Crippen molar-refractivity contribution in [3.8, 4) is 0 Å². The molecule has 1 aliphatic rings. The minimum Gasteiger partial charge on any atom is -0.111 e. The molecule has 3 heteroatoms. The van der Waals surface area contributed by atoms with E-state index in [4.69, 9.17) is 0 Å². The molecule has 23 heavy (non-hydrogen) atoms. The van der Waals surface area contributed by atoms with Crippen molar-refractivity contribution in [1.82, 2.24) is 0 Å². The molecule has 138 valence electrons. The summed E-state index contributed by atoms with van der Waals surface area (Å²) in [7, 11) is 1.88. The summed E-state index contributed by atoms with van der Waals surface area (Å²) in [5, 5.41) is 0. The molecule has 0 radical (unpaired) electrons. The van der Waals surface area contributed by atoms with Gasteiger partial charge in [-0.05, 0) is 87.6 Å². The van der Waals surface area contributed by atoms with Crippen LogP contribution < -0.4 is 0 Å². The van der Waals surface area contributed by atoms with Crippen molar-refractivity contribution in [3.63, 3.8) is 0 Å². The third-order valence-electron chi connectivity index (χ3n) is 6.28. The third-order valence-corrected chi connectivity index (χ3v) is 11.0. The minimum absolute atomic E-state index is 0.150. The average molecular weight is 377 g/mol. The van der Waals surface area contributed by atoms with Gasteiger partial charge in [0.15, 0.2) is 0 Å². The van der Waals surface area contributed by atoms with E-state index in [1.165, 1.54) is 44.4 Å². The van der Waals surface area contributed by atoms with Crippen LogP contribution >= 0.6 is 30.4 Å². The molecule has 3 atom stereocenters. The Balaban J connectivity index is 2.42. The van der Waals surface area contributed by atoms with Crippen LogP contribution in [0.2, 0.25) is 0 Å². The molecule has 1 aliphatic carbocycles. The Bertz CT molecular complexity index is 365. The highest BCUT2D eigenvalue weighted by Crippen LogP contribution is 2.52. The molecule has 1 rings (SSSR count). The largest absolute Gasteiger partial charge is 0.111 e. The van der Waals surface area contributed by atoms with Crippen molar-refractivity contribution < 1.29 is 0 Å². The van der Waals surface area contributed by atoms with Crippen molar-refractivity contribution in [2.24, 2.45) is 22.7 Å². The van der Waals surface area contributed by atoms with Gasteiger partial charge in [0.25, 0.3) is 0 Å². The monoisotopic (exact) mass is 376 g/mol. The quantitative estimate of drug-likeness (QED) is 0.244. The second kappa shape index (κ2) is 8.68. The van der Waals surface area contributed by atoms with Gasteiger partial charge in [-0.3, -0.25) is 0 Å². The first-order valence-electron chi connectivity index (χ1n) is 9.42. The zero-order chi connectivity index (χ0) is 17.9. The molecule has 0 saturated heterocycles. The number of hydrogen-bond acceptors (Lipinski definition) is 2. The van der Waals surface area contributed by atoms with E-state index in [2.05, 4.69) is 66.8 Å². The first-order chi connectivity index (χ1) is 10.4. The highest BCUT2D eigenvalue weighted by molar-refractivity contribution is 8.69. The molecule has 0 spiro atoms. The lowest BCUT2D eigenvalue weighted by atomic mass is 9.80. The average Bonchev–Trinajstić information content (AvgIpc) is 2.76. The number of hydrogen-bond donors (Lipinski definition) is 1. The van der Waals surface area contributed by atoms with Gasteiger partial charge in [0.1, 0.15) is 0 Å². The minimum atomic E-state index is 0.150. The fourth-order valence-electron chi connectivity index (χ4n) is 4.34. The van der Waals surface area contributed by atoms with E-state index in [-0.39, 0.29) is 12.7 Å². The summed E-state index contributed by atoms with van der Waals surface area (Å²) in [6.07, 6.45) is 10.2. The van der Waals surface area contributed by atoms with Crippen molar-refractivity contribution in [2.75, 3.05) is 19.0 Å². The second-order valence-electron chi connectivity index (χ2n) is 10.0. The molecular formula is C20H41PS2. The van der Waals surface area contributed by atoms with Gasteiger partial charge >= 0.3 is 0 Å². The van der Waals surface area contributed by atoms with Crippen molar-refractivity contribution in [1.29, 1.82) is 0 Å². The van der Waals surface area contributed by atoms with E-state index in [1.54, 1.807) is 10.8 Å². The molecule has 1 fully saturated rings. The molecule has 0 nitrogen and oxygen atoms in total. The third kappa shape index (κ3) is 6.74. The summed E-state index contributed by atoms with van der Waals surface area (Å²) in [6.45, 7) is 19.4. The van der Waals surface area contributed by atoms with E-state index in [9.17, 15) is 0 Å². The summed E-state index contributed by atoms with van der Waals surface area (Å²) >= 11 is 4.51. The fourth-order valence-corrected chi connectivity index (χ4v) is 8.22. The molecular weight excluding hydrogens is 335 g/mol. The number of thiol groups is 1. The molecule has 1 saturated carbocycles. The molecule has 0 aromatic heterocycles. The van der Waals surface area contributed by atoms with E-state index >= 15 is 0 Å². The Morgan fingerprint density at radius 3 is 2.39 bits per heavy atom. The summed E-state index contributed by atoms with van der Waals surface area (Å²) < 4.78 is 0.246. The molecule has 0 aromatic carbocycles. The van der Waals surface area contributed by atoms with Gasteiger partial charge in [-0.1, -0.05) is 45.4 Å². The van der Waals surface area contributed by atoms with Crippen LogP contribution in [0.15, 0.2) is 0 Å². The summed E-state index contributed by atoms with van der Waals surface area (Å²) in [4.78, 5) is 0. The summed E-state index contributed by atoms with van der Waals surface area (Å²) in [5.74, 6) is 1.85. The second-order valence-corrected chi connectivity index (χ2v) is 14.3. The predicted octanol–water partition coefficient (Wildman–Crippen LogP) is 7.72. The van der Waals surface area contributed by atoms with Crippen LogP contribution in [-0.2, 0) is 0 Å². The molecule has 0 amide bonds. The fraction of sp³-hybridized carbons (Fsp3) is 1.00. The van der Waals surface area contributed by atoms with Gasteiger partial charge in [0.2, 0.25) is 0 Å². The lowest BCUT2D eigenvalue weighted by Crippen LogP contribution is -2.37. The Hall–Kier alpha value is 1.13. The first-order valence-corrected chi connectivity index (χ1v) is 13.4. The Morgan fingerprint density at radius 2 is 1.87 bits per heavy atom. The zero-order valence-corrected chi connectivity index (χ0v) is 19.5. The van der Waals surface area contributed by atoms with E-state index in [0.717, 1.165) is 11.8 Å². The molecule has 0 bridgehead atoms. The van der Waals surface area contributed by atoms with Crippen molar-refractivity contribution in [2.45, 2.75) is 85.3 Å². The van der Waals surface area contributed by atoms with Crippen molar-refractivity contribution >= 4 is 30.4 Å². The van der Waals surface area contributed by atoms with Crippen LogP contribution in [-0.4, -0.2) is 23.7 Å². The van der Waals surface area contributed by atoms with Crippen LogP contribution in [0.1, 0.15) is 80.6 Å². The molecule has 0 N–H and O–H groups in total. The topological polar surface area (TPSA) is 0 Å². The maximum Gasteiger partial charge on any atom is 0.0259 e. The molecule has 0 heterocycles. The molecule has 0 aromatic rings. The lowest BCUT2D eigenvalue weighted by Gasteiger charge is -2.41. The lowest BCUT2D eigenvalue weighted by molar-refractivity contribution is 0.253. The van der Waals surface area contributed by atoms with Crippen LogP contribution in [0.25, 0.3) is 0 Å². The predicted molar refractivity (Wildman–Crippen MR) is 117 cm³/mol. The van der Waals surface area contributed by atoms with Crippen LogP contribution in [0.4, 0.5) is 0 Å². The number of rotatable bonds is 9. The SMILES string of the molecule is CC(C)CC1(C)CCC(CCP(C)CC(C)(C)C(C)(C)SS)C1. The van der Waals surface area contributed by atoms with Gasteiger partial charge in [0.05, 0.1) is 0 Å². The Kier molecular flexibility index (Phi) is 8.37. The Morgan fingerprint density at radius 1 is 1.26 bits per heavy atom. The highest BCUT2D eigenvalue weighted by atomic mass is 33.1. The van der Waals surface area contributed by atoms with E-state index in [0.29, 0.717) is 10.8 Å². The smallest absolute Gasteiger partial charge is 0.0259 e. The van der Waals surface area contributed by atoms with Gasteiger partial charge in [0, 0.05) is 4.75 Å². The summed E-state index contributed by atoms with van der Waals surface area (Å²) in [6, 6.07) is 0. The normalized spacial score (nSPS) is 27.7. The van der Waals surface area contributed by atoms with E-state index < -0.39 is 0 Å². The van der Waals surface area contributed by atoms with Gasteiger partial charge < -0.3 is 0 Å². The maximum atomic E-state index is 4.51. The van der Waals surface area contributed by atoms with Crippen molar-refractivity contribution in [3.05, 3.63) is 0 Å². The van der Waals surface area contributed by atoms with E-state index in [1.807, 2.05) is 0 Å². The van der Waals surface area contributed by atoms with Crippen LogP contribution in [0.5, 0.6) is 0 Å². The standard InChI is InChI=1S/C20H41PS2/c1-16(2)13-20(7)11-9-17(14-20)10-12-21(8)15-18(3,4)19(5,6)23-22/h16-17,22H,9-15H2,1-8H3. The molecule has 0 aliphatic heterocycles. The summed E-state index contributed by atoms with van der Waals surface area (Å²) in [5.41, 5.74) is 1.00. The Labute approximate surface area is 157 Å². The van der Waals surface area contributed by atoms with Crippen LogP contribution in [0.3, 0.4) is 0 Å². The van der Waals surface area contributed by atoms with Crippen LogP contribution in [0, 0.1) is 22.7 Å². The van der Waals surface area contributed by atoms with Gasteiger partial charge in [-0.25, -0.2) is 0 Å².